The first-order valence-electron chi connectivity index (χ1n) is 9.60. The van der Waals surface area contributed by atoms with Gasteiger partial charge >= 0.3 is 11.9 Å². The highest BCUT2D eigenvalue weighted by molar-refractivity contribution is 7.89. The third-order valence-corrected chi connectivity index (χ3v) is 7.16. The SMILES string of the molecule is COc1ccc(S(=O)(=O)N2CCN(C3CCCCC3)CC2)cc1.O=C(O)C(=O)O. The van der Waals surface area contributed by atoms with Gasteiger partial charge in [0.25, 0.3) is 0 Å². The summed E-state index contributed by atoms with van der Waals surface area (Å²) in [5.41, 5.74) is 0. The Bertz CT molecular complexity index is 769. The maximum atomic E-state index is 12.7. The third kappa shape index (κ3) is 6.41. The average Bonchev–Trinajstić information content (AvgIpc) is 2.75. The van der Waals surface area contributed by atoms with Gasteiger partial charge < -0.3 is 14.9 Å². The highest BCUT2D eigenvalue weighted by Gasteiger charge is 2.31. The lowest BCUT2D eigenvalue weighted by Gasteiger charge is -2.40. The Morgan fingerprint density at radius 2 is 1.45 bits per heavy atom. The summed E-state index contributed by atoms with van der Waals surface area (Å²) < 4.78 is 32.2. The van der Waals surface area contributed by atoms with Crippen LogP contribution in [0.4, 0.5) is 0 Å². The number of nitrogens with zero attached hydrogens (tertiary/aromatic N) is 2. The molecule has 0 unspecified atom stereocenters. The predicted molar refractivity (Wildman–Crippen MR) is 105 cm³/mol. The molecule has 2 aliphatic rings. The van der Waals surface area contributed by atoms with Gasteiger partial charge in [0.05, 0.1) is 12.0 Å². The largest absolute Gasteiger partial charge is 0.497 e. The summed E-state index contributed by atoms with van der Waals surface area (Å²) in [7, 11) is -1.81. The summed E-state index contributed by atoms with van der Waals surface area (Å²) in [5.74, 6) is -2.98. The van der Waals surface area contributed by atoms with Crippen LogP contribution in [0.3, 0.4) is 0 Å². The molecule has 0 atom stereocenters. The summed E-state index contributed by atoms with van der Waals surface area (Å²) in [4.78, 5) is 21.0. The Balaban J connectivity index is 0.000000438. The van der Waals surface area contributed by atoms with Crippen molar-refractivity contribution in [1.29, 1.82) is 0 Å². The summed E-state index contributed by atoms with van der Waals surface area (Å²) in [5, 5.41) is 14.8. The number of carboxylic acids is 2. The van der Waals surface area contributed by atoms with Crippen LogP contribution in [0.2, 0.25) is 0 Å². The van der Waals surface area contributed by atoms with Crippen LogP contribution in [-0.2, 0) is 19.6 Å². The smallest absolute Gasteiger partial charge is 0.414 e. The van der Waals surface area contributed by atoms with Crippen LogP contribution < -0.4 is 4.74 Å². The summed E-state index contributed by atoms with van der Waals surface area (Å²) in [6, 6.07) is 7.31. The Kier molecular flexibility index (Phi) is 8.42. The molecule has 2 fully saturated rings. The van der Waals surface area contributed by atoms with E-state index in [1.54, 1.807) is 35.7 Å². The standard InChI is InChI=1S/C17H26N2O3S.C2H2O4/c1-22-16-7-9-17(10-8-16)23(20,21)19-13-11-18(12-14-19)15-5-3-2-4-6-15;3-1(4)2(5)6/h7-10,15H,2-6,11-14H2,1H3;(H,3,4)(H,5,6). The molecule has 1 aromatic carbocycles. The highest BCUT2D eigenvalue weighted by Crippen LogP contribution is 2.25. The number of sulfonamides is 1. The molecule has 0 amide bonds. The second kappa shape index (κ2) is 10.6. The highest BCUT2D eigenvalue weighted by atomic mass is 32.2. The molecule has 9 nitrogen and oxygen atoms in total. The maximum Gasteiger partial charge on any atom is 0.414 e. The molecule has 1 aliphatic heterocycles. The lowest BCUT2D eigenvalue weighted by Crippen LogP contribution is -2.52. The molecule has 0 radical (unpaired) electrons. The van der Waals surface area contributed by atoms with Crippen LogP contribution in [0, 0.1) is 0 Å². The van der Waals surface area contributed by atoms with Crippen molar-refractivity contribution in [2.45, 2.75) is 43.0 Å². The molecule has 0 bridgehead atoms. The van der Waals surface area contributed by atoms with Gasteiger partial charge in [0.15, 0.2) is 0 Å². The second-order valence-corrected chi connectivity index (χ2v) is 8.96. The van der Waals surface area contributed by atoms with Crippen LogP contribution in [0.1, 0.15) is 32.1 Å². The zero-order valence-corrected chi connectivity index (χ0v) is 17.3. The van der Waals surface area contributed by atoms with E-state index in [9.17, 15) is 8.42 Å². The Labute approximate surface area is 170 Å². The van der Waals surface area contributed by atoms with Gasteiger partial charge in [0.2, 0.25) is 10.0 Å². The fourth-order valence-electron chi connectivity index (χ4n) is 3.65. The first kappa shape index (κ1) is 23.1. The number of piperazine rings is 1. The zero-order valence-electron chi connectivity index (χ0n) is 16.5. The molecule has 0 aromatic heterocycles. The minimum Gasteiger partial charge on any atom is -0.497 e. The number of rotatable bonds is 4. The first-order valence-corrected chi connectivity index (χ1v) is 11.0. The monoisotopic (exact) mass is 428 g/mol. The quantitative estimate of drug-likeness (QED) is 0.691. The number of hydrogen-bond donors (Lipinski definition) is 2. The third-order valence-electron chi connectivity index (χ3n) is 5.24. The van der Waals surface area contributed by atoms with E-state index in [0.717, 1.165) is 13.1 Å². The minimum atomic E-state index is -3.39. The Morgan fingerprint density at radius 1 is 0.931 bits per heavy atom. The molecule has 29 heavy (non-hydrogen) atoms. The molecule has 1 saturated carbocycles. The topological polar surface area (TPSA) is 124 Å². The van der Waals surface area contributed by atoms with E-state index in [4.69, 9.17) is 24.5 Å². The van der Waals surface area contributed by atoms with Crippen molar-refractivity contribution in [3.63, 3.8) is 0 Å². The number of hydrogen-bond acceptors (Lipinski definition) is 6. The van der Waals surface area contributed by atoms with Gasteiger partial charge in [-0.1, -0.05) is 19.3 Å². The zero-order chi connectivity index (χ0) is 21.4. The van der Waals surface area contributed by atoms with Crippen molar-refractivity contribution in [2.24, 2.45) is 0 Å². The minimum absolute atomic E-state index is 0.351. The first-order chi connectivity index (χ1) is 13.8. The molecule has 1 aliphatic carbocycles. The van der Waals surface area contributed by atoms with Gasteiger partial charge in [0, 0.05) is 32.2 Å². The number of benzene rings is 1. The number of carbonyl (C=O) groups is 2. The molecule has 3 rings (SSSR count). The number of ether oxygens (including phenoxy) is 1. The summed E-state index contributed by atoms with van der Waals surface area (Å²) in [6.07, 6.45) is 6.52. The molecule has 10 heteroatoms. The summed E-state index contributed by atoms with van der Waals surface area (Å²) in [6.45, 7) is 2.87. The predicted octanol–water partition coefficient (Wildman–Crippen LogP) is 1.49. The van der Waals surface area contributed by atoms with Crippen molar-refractivity contribution < 1.29 is 33.0 Å². The van der Waals surface area contributed by atoms with E-state index in [1.807, 2.05) is 0 Å². The van der Waals surface area contributed by atoms with Gasteiger partial charge in [-0.05, 0) is 37.1 Å². The van der Waals surface area contributed by atoms with Crippen molar-refractivity contribution >= 4 is 22.0 Å². The Morgan fingerprint density at radius 3 is 1.90 bits per heavy atom. The molecule has 1 heterocycles. The molecule has 1 saturated heterocycles. The van der Waals surface area contributed by atoms with Crippen LogP contribution >= 0.6 is 0 Å². The van der Waals surface area contributed by atoms with Crippen LogP contribution in [0.15, 0.2) is 29.2 Å². The average molecular weight is 429 g/mol. The number of aliphatic carboxylic acids is 2. The van der Waals surface area contributed by atoms with Crippen LogP contribution in [0.25, 0.3) is 0 Å². The molecular formula is C19H28N2O7S. The van der Waals surface area contributed by atoms with Gasteiger partial charge in [-0.15, -0.1) is 0 Å². The van der Waals surface area contributed by atoms with E-state index in [2.05, 4.69) is 4.90 Å². The lowest BCUT2D eigenvalue weighted by molar-refractivity contribution is -0.159. The lowest BCUT2D eigenvalue weighted by atomic mass is 9.94. The van der Waals surface area contributed by atoms with Crippen molar-refractivity contribution in [1.82, 2.24) is 9.21 Å². The number of carboxylic acid groups (broad SMARTS) is 2. The van der Waals surface area contributed by atoms with Gasteiger partial charge in [0.1, 0.15) is 5.75 Å². The maximum absolute atomic E-state index is 12.7. The fraction of sp³-hybridized carbons (Fsp3) is 0.579. The molecular weight excluding hydrogens is 400 g/mol. The number of methoxy groups -OCH3 is 1. The van der Waals surface area contributed by atoms with Gasteiger partial charge in [-0.25, -0.2) is 18.0 Å². The fourth-order valence-corrected chi connectivity index (χ4v) is 5.07. The molecule has 0 spiro atoms. The summed E-state index contributed by atoms with van der Waals surface area (Å²) >= 11 is 0. The molecule has 162 valence electrons. The Hall–Kier alpha value is -2.17. The van der Waals surface area contributed by atoms with E-state index in [0.29, 0.717) is 29.8 Å². The van der Waals surface area contributed by atoms with E-state index in [-0.39, 0.29) is 0 Å². The van der Waals surface area contributed by atoms with E-state index < -0.39 is 22.0 Å². The van der Waals surface area contributed by atoms with Crippen LogP contribution in [0.5, 0.6) is 5.75 Å². The molecule has 2 N–H and O–H groups in total. The normalized spacial score (nSPS) is 19.1. The van der Waals surface area contributed by atoms with Gasteiger partial charge in [-0.2, -0.15) is 4.31 Å². The second-order valence-electron chi connectivity index (χ2n) is 7.02. The van der Waals surface area contributed by atoms with Crippen molar-refractivity contribution in [3.8, 4) is 5.75 Å². The van der Waals surface area contributed by atoms with E-state index >= 15 is 0 Å². The van der Waals surface area contributed by atoms with E-state index in [1.165, 1.54) is 32.1 Å². The van der Waals surface area contributed by atoms with Crippen molar-refractivity contribution in [3.05, 3.63) is 24.3 Å². The molecule has 1 aromatic rings. The van der Waals surface area contributed by atoms with Crippen LogP contribution in [-0.4, -0.2) is 79.1 Å². The van der Waals surface area contributed by atoms with Crippen molar-refractivity contribution in [2.75, 3.05) is 33.3 Å². The van der Waals surface area contributed by atoms with Gasteiger partial charge in [-0.3, -0.25) is 4.90 Å².